The molecule has 2 aromatic rings. The fourth-order valence-corrected chi connectivity index (χ4v) is 6.13. The molecule has 4 rings (SSSR count). The van der Waals surface area contributed by atoms with Gasteiger partial charge < -0.3 is 5.32 Å². The lowest BCUT2D eigenvalue weighted by Crippen LogP contribution is -2.53. The van der Waals surface area contributed by atoms with E-state index in [1.807, 2.05) is 12.1 Å². The summed E-state index contributed by atoms with van der Waals surface area (Å²) in [6.07, 6.45) is 4.08. The van der Waals surface area contributed by atoms with Gasteiger partial charge >= 0.3 is 0 Å². The Hall–Kier alpha value is -1.70. The van der Waals surface area contributed by atoms with Crippen LogP contribution in [0.15, 0.2) is 64.0 Å². The number of benzene rings is 2. The van der Waals surface area contributed by atoms with Crippen molar-refractivity contribution in [3.05, 3.63) is 64.6 Å². The maximum Gasteiger partial charge on any atom is 0.243 e. The second-order valence-electron chi connectivity index (χ2n) is 7.93. The van der Waals surface area contributed by atoms with Crippen LogP contribution in [0.1, 0.15) is 37.7 Å². The number of rotatable bonds is 5. The third kappa shape index (κ3) is 4.13. The minimum absolute atomic E-state index is 0.0430. The molecule has 0 aromatic heterocycles. The molecule has 0 spiro atoms. The average Bonchev–Trinajstić information content (AvgIpc) is 2.71. The fourth-order valence-electron chi connectivity index (χ4n) is 4.24. The standard InChI is InChI=1S/C22H25BrN2O3S/c23-19-7-4-6-18(16-19)22(12-5-13-22)24-21(26)17-10-14-25(15-11-17)29(27,28)20-8-2-1-3-9-20/h1-4,6-9,16-17H,5,10-15H2,(H,24,26). The highest BCUT2D eigenvalue weighted by Crippen LogP contribution is 2.42. The number of carbonyl (C=O) groups is 1. The Labute approximate surface area is 180 Å². The SMILES string of the molecule is O=C(NC1(c2cccc(Br)c2)CCC1)C1CCN(S(=O)(=O)c2ccccc2)CC1. The summed E-state index contributed by atoms with van der Waals surface area (Å²) in [6, 6.07) is 16.6. The van der Waals surface area contributed by atoms with Crippen LogP contribution in [-0.4, -0.2) is 31.7 Å². The summed E-state index contributed by atoms with van der Waals surface area (Å²) < 4.78 is 28.1. The van der Waals surface area contributed by atoms with Gasteiger partial charge in [0.2, 0.25) is 15.9 Å². The normalized spacial score (nSPS) is 20.0. The molecule has 29 heavy (non-hydrogen) atoms. The highest BCUT2D eigenvalue weighted by atomic mass is 79.9. The Bertz CT molecular complexity index is 982. The van der Waals surface area contributed by atoms with E-state index in [0.29, 0.717) is 30.8 Å². The minimum atomic E-state index is -3.49. The summed E-state index contributed by atoms with van der Waals surface area (Å²) in [5.41, 5.74) is 0.851. The molecular formula is C22H25BrN2O3S. The van der Waals surface area contributed by atoms with E-state index in [0.717, 1.165) is 29.3 Å². The van der Waals surface area contributed by atoms with E-state index < -0.39 is 10.0 Å². The summed E-state index contributed by atoms with van der Waals surface area (Å²) in [5, 5.41) is 3.30. The molecule has 1 aliphatic carbocycles. The number of sulfonamides is 1. The first kappa shape index (κ1) is 20.6. The van der Waals surface area contributed by atoms with Gasteiger partial charge in [-0.2, -0.15) is 4.31 Å². The molecule has 0 unspecified atom stereocenters. The van der Waals surface area contributed by atoms with Crippen molar-refractivity contribution in [1.29, 1.82) is 0 Å². The lowest BCUT2D eigenvalue weighted by molar-refractivity contribution is -0.129. The number of nitrogens with one attached hydrogen (secondary N) is 1. The summed E-state index contributed by atoms with van der Waals surface area (Å²) in [5.74, 6) is -0.108. The van der Waals surface area contributed by atoms with Crippen LogP contribution in [0, 0.1) is 5.92 Å². The molecule has 0 atom stereocenters. The molecule has 1 saturated heterocycles. The van der Waals surface area contributed by atoms with Gasteiger partial charge in [-0.1, -0.05) is 46.3 Å². The van der Waals surface area contributed by atoms with E-state index in [1.54, 1.807) is 30.3 Å². The van der Waals surface area contributed by atoms with Gasteiger partial charge in [0.1, 0.15) is 0 Å². The lowest BCUT2D eigenvalue weighted by Gasteiger charge is -2.44. The largest absolute Gasteiger partial charge is 0.346 e. The van der Waals surface area contributed by atoms with Crippen molar-refractivity contribution < 1.29 is 13.2 Å². The van der Waals surface area contributed by atoms with Crippen LogP contribution < -0.4 is 5.32 Å². The summed E-state index contributed by atoms with van der Waals surface area (Å²) in [4.78, 5) is 13.3. The van der Waals surface area contributed by atoms with Crippen LogP contribution in [0.4, 0.5) is 0 Å². The van der Waals surface area contributed by atoms with Crippen molar-refractivity contribution in [2.75, 3.05) is 13.1 Å². The van der Waals surface area contributed by atoms with Gasteiger partial charge in [0.15, 0.2) is 0 Å². The summed E-state index contributed by atoms with van der Waals surface area (Å²) in [6.45, 7) is 0.748. The van der Waals surface area contributed by atoms with Gasteiger partial charge in [0.25, 0.3) is 0 Å². The number of amides is 1. The molecule has 1 heterocycles. The monoisotopic (exact) mass is 476 g/mol. The molecule has 2 aliphatic rings. The van der Waals surface area contributed by atoms with Gasteiger partial charge in [-0.3, -0.25) is 4.79 Å². The Kier molecular flexibility index (Phi) is 5.82. The van der Waals surface area contributed by atoms with Crippen LogP contribution in [0.5, 0.6) is 0 Å². The molecular weight excluding hydrogens is 452 g/mol. The van der Waals surface area contributed by atoms with Crippen LogP contribution in [0.25, 0.3) is 0 Å². The fraction of sp³-hybridized carbons (Fsp3) is 0.409. The first-order chi connectivity index (χ1) is 13.9. The van der Waals surface area contributed by atoms with Gasteiger partial charge in [-0.25, -0.2) is 8.42 Å². The molecule has 2 aromatic carbocycles. The van der Waals surface area contributed by atoms with Crippen LogP contribution >= 0.6 is 15.9 Å². The zero-order valence-electron chi connectivity index (χ0n) is 16.2. The van der Waals surface area contributed by atoms with E-state index in [-0.39, 0.29) is 17.4 Å². The summed E-state index contributed by atoms with van der Waals surface area (Å²) in [7, 11) is -3.49. The van der Waals surface area contributed by atoms with Crippen LogP contribution in [0.2, 0.25) is 0 Å². The molecule has 5 nitrogen and oxygen atoms in total. The third-order valence-electron chi connectivity index (χ3n) is 6.15. The molecule has 154 valence electrons. The Morgan fingerprint density at radius 1 is 1.03 bits per heavy atom. The number of halogens is 1. The molecule has 1 N–H and O–H groups in total. The van der Waals surface area contributed by atoms with Crippen molar-refractivity contribution in [3.8, 4) is 0 Å². The van der Waals surface area contributed by atoms with E-state index in [1.165, 1.54) is 4.31 Å². The van der Waals surface area contributed by atoms with Gasteiger partial charge in [0.05, 0.1) is 10.4 Å². The van der Waals surface area contributed by atoms with Crippen molar-refractivity contribution in [3.63, 3.8) is 0 Å². The topological polar surface area (TPSA) is 66.5 Å². The molecule has 7 heteroatoms. The number of piperidine rings is 1. The number of hydrogen-bond acceptors (Lipinski definition) is 3. The maximum absolute atomic E-state index is 13.0. The van der Waals surface area contributed by atoms with Crippen molar-refractivity contribution >= 4 is 31.9 Å². The zero-order chi connectivity index (χ0) is 20.5. The third-order valence-corrected chi connectivity index (χ3v) is 8.56. The molecule has 0 bridgehead atoms. The predicted molar refractivity (Wildman–Crippen MR) is 116 cm³/mol. The summed E-state index contributed by atoms with van der Waals surface area (Å²) >= 11 is 3.52. The predicted octanol–water partition coefficient (Wildman–Crippen LogP) is 4.05. The maximum atomic E-state index is 13.0. The van der Waals surface area contributed by atoms with Gasteiger partial charge in [0, 0.05) is 23.5 Å². The van der Waals surface area contributed by atoms with Gasteiger partial charge in [-0.05, 0) is 61.9 Å². The molecule has 1 aliphatic heterocycles. The molecule has 1 saturated carbocycles. The van der Waals surface area contributed by atoms with Crippen molar-refractivity contribution in [2.24, 2.45) is 5.92 Å². The molecule has 2 fully saturated rings. The Morgan fingerprint density at radius 3 is 2.31 bits per heavy atom. The van der Waals surface area contributed by atoms with E-state index in [9.17, 15) is 13.2 Å². The second-order valence-corrected chi connectivity index (χ2v) is 10.8. The van der Waals surface area contributed by atoms with E-state index in [2.05, 4.69) is 33.4 Å². The Balaban J connectivity index is 1.40. The highest BCUT2D eigenvalue weighted by Gasteiger charge is 2.42. The first-order valence-corrected chi connectivity index (χ1v) is 12.3. The second kappa shape index (κ2) is 8.20. The van der Waals surface area contributed by atoms with Crippen LogP contribution in [-0.2, 0) is 20.4 Å². The number of nitrogens with zero attached hydrogens (tertiary/aromatic N) is 1. The Morgan fingerprint density at radius 2 is 1.72 bits per heavy atom. The quantitative estimate of drug-likeness (QED) is 0.707. The van der Waals surface area contributed by atoms with Crippen LogP contribution in [0.3, 0.4) is 0 Å². The van der Waals surface area contributed by atoms with E-state index >= 15 is 0 Å². The minimum Gasteiger partial charge on any atom is -0.346 e. The zero-order valence-corrected chi connectivity index (χ0v) is 18.6. The number of hydrogen-bond donors (Lipinski definition) is 1. The van der Waals surface area contributed by atoms with Gasteiger partial charge in [-0.15, -0.1) is 0 Å². The average molecular weight is 477 g/mol. The highest BCUT2D eigenvalue weighted by molar-refractivity contribution is 9.10. The van der Waals surface area contributed by atoms with Crippen molar-refractivity contribution in [1.82, 2.24) is 9.62 Å². The lowest BCUT2D eigenvalue weighted by atomic mass is 9.71. The smallest absolute Gasteiger partial charge is 0.243 e. The first-order valence-electron chi connectivity index (χ1n) is 10.0. The van der Waals surface area contributed by atoms with Crippen molar-refractivity contribution in [2.45, 2.75) is 42.5 Å². The molecule has 0 radical (unpaired) electrons. The molecule has 1 amide bonds. The number of carbonyl (C=O) groups excluding carboxylic acids is 1. The van der Waals surface area contributed by atoms with E-state index in [4.69, 9.17) is 0 Å².